The van der Waals surface area contributed by atoms with E-state index in [1.807, 2.05) is 36.4 Å². The smallest absolute Gasteiger partial charge is 0.126 e. The van der Waals surface area contributed by atoms with Crippen molar-refractivity contribution >= 4 is 10.8 Å². The number of hydrogen-bond acceptors (Lipinski definition) is 0. The minimum Gasteiger partial charge on any atom is -0.207 e. The third-order valence-electron chi connectivity index (χ3n) is 3.06. The molecule has 3 aromatic rings. The number of hydrogen-bond donors (Lipinski definition) is 0. The van der Waals surface area contributed by atoms with E-state index < -0.39 is 0 Å². The van der Waals surface area contributed by atoms with Crippen LogP contribution in [-0.2, 0) is 6.42 Å². The van der Waals surface area contributed by atoms with Gasteiger partial charge in [-0.25, -0.2) is 4.39 Å². The first-order valence-corrected chi connectivity index (χ1v) is 5.96. The maximum atomic E-state index is 13.6. The fraction of sp³-hybridized carbons (Fsp3) is 0.0588. The second-order valence-electron chi connectivity index (χ2n) is 4.34. The second kappa shape index (κ2) is 4.61. The Morgan fingerprint density at radius 3 is 2.50 bits per heavy atom. The summed E-state index contributed by atoms with van der Waals surface area (Å²) in [5.41, 5.74) is 1.72. The van der Waals surface area contributed by atoms with Crippen LogP contribution in [0.15, 0.2) is 60.7 Å². The molecule has 0 amide bonds. The number of fused-ring (bicyclic) bond motifs is 1. The lowest BCUT2D eigenvalue weighted by Gasteiger charge is -2.04. The molecule has 3 rings (SSSR count). The van der Waals surface area contributed by atoms with Gasteiger partial charge < -0.3 is 0 Å². The molecule has 0 saturated carbocycles. The molecule has 0 aliphatic rings. The average molecular weight is 235 g/mol. The molecule has 0 nitrogen and oxygen atoms in total. The van der Waals surface area contributed by atoms with E-state index in [1.54, 1.807) is 6.07 Å². The van der Waals surface area contributed by atoms with Crippen LogP contribution in [0.3, 0.4) is 0 Å². The average Bonchev–Trinajstić information content (AvgIpc) is 2.41. The summed E-state index contributed by atoms with van der Waals surface area (Å²) < 4.78 is 13.6. The van der Waals surface area contributed by atoms with Gasteiger partial charge in [-0.2, -0.15) is 0 Å². The number of rotatable bonds is 2. The van der Waals surface area contributed by atoms with Crippen molar-refractivity contribution in [3.05, 3.63) is 83.7 Å². The Morgan fingerprint density at radius 2 is 1.61 bits per heavy atom. The van der Waals surface area contributed by atoms with Gasteiger partial charge in [0.2, 0.25) is 0 Å². The minimum absolute atomic E-state index is 0.154. The fourth-order valence-electron chi connectivity index (χ4n) is 2.11. The van der Waals surface area contributed by atoms with Crippen molar-refractivity contribution < 1.29 is 4.39 Å². The molecule has 0 aliphatic carbocycles. The fourth-order valence-corrected chi connectivity index (χ4v) is 2.11. The van der Waals surface area contributed by atoms with Crippen molar-refractivity contribution in [2.24, 2.45) is 0 Å². The first-order chi connectivity index (χ1) is 8.83. The van der Waals surface area contributed by atoms with Crippen LogP contribution in [0.25, 0.3) is 10.8 Å². The van der Waals surface area contributed by atoms with Gasteiger partial charge in [-0.3, -0.25) is 0 Å². The predicted molar refractivity (Wildman–Crippen MR) is 72.0 cm³/mol. The van der Waals surface area contributed by atoms with Gasteiger partial charge >= 0.3 is 0 Å². The Balaban J connectivity index is 1.98. The first kappa shape index (κ1) is 11.0. The molecule has 0 bridgehead atoms. The van der Waals surface area contributed by atoms with Gasteiger partial charge in [0.15, 0.2) is 0 Å². The molecule has 0 unspecified atom stereocenters. The monoisotopic (exact) mass is 235 g/mol. The summed E-state index contributed by atoms with van der Waals surface area (Å²) in [6, 6.07) is 22.4. The number of halogens is 1. The largest absolute Gasteiger partial charge is 0.207 e. The molecule has 0 spiro atoms. The quantitative estimate of drug-likeness (QED) is 0.618. The van der Waals surface area contributed by atoms with Crippen LogP contribution in [-0.4, -0.2) is 0 Å². The summed E-state index contributed by atoms with van der Waals surface area (Å²) in [6.07, 6.45) is 0.581. The van der Waals surface area contributed by atoms with Crippen LogP contribution < -0.4 is 0 Å². The molecular formula is C17H12F. The lowest BCUT2D eigenvalue weighted by atomic mass is 10.0. The molecule has 0 heterocycles. The van der Waals surface area contributed by atoms with Gasteiger partial charge in [0.25, 0.3) is 0 Å². The molecule has 18 heavy (non-hydrogen) atoms. The van der Waals surface area contributed by atoms with E-state index in [2.05, 4.69) is 18.2 Å². The number of benzene rings is 3. The Morgan fingerprint density at radius 1 is 0.833 bits per heavy atom. The lowest BCUT2D eigenvalue weighted by Crippen LogP contribution is -1.92. The van der Waals surface area contributed by atoms with Crippen molar-refractivity contribution in [3.8, 4) is 0 Å². The Hall–Kier alpha value is -2.15. The van der Waals surface area contributed by atoms with Crippen molar-refractivity contribution in [2.45, 2.75) is 6.42 Å². The summed E-state index contributed by atoms with van der Waals surface area (Å²) in [6.45, 7) is 0. The minimum atomic E-state index is -0.154. The molecule has 3 aromatic carbocycles. The van der Waals surface area contributed by atoms with Gasteiger partial charge in [-0.05, 0) is 34.0 Å². The topological polar surface area (TPSA) is 0 Å². The van der Waals surface area contributed by atoms with Crippen molar-refractivity contribution in [1.29, 1.82) is 0 Å². The van der Waals surface area contributed by atoms with Crippen LogP contribution in [0.2, 0.25) is 0 Å². The van der Waals surface area contributed by atoms with Crippen LogP contribution >= 0.6 is 0 Å². The van der Waals surface area contributed by atoms with Crippen LogP contribution in [0.1, 0.15) is 11.1 Å². The zero-order valence-corrected chi connectivity index (χ0v) is 9.86. The predicted octanol–water partition coefficient (Wildman–Crippen LogP) is 4.37. The summed E-state index contributed by atoms with van der Waals surface area (Å²) in [7, 11) is 0. The normalized spacial score (nSPS) is 10.7. The van der Waals surface area contributed by atoms with E-state index in [9.17, 15) is 4.39 Å². The summed E-state index contributed by atoms with van der Waals surface area (Å²) in [5.74, 6) is -0.154. The molecule has 0 saturated heterocycles. The molecular weight excluding hydrogens is 223 g/mol. The molecule has 1 heteroatoms. The van der Waals surface area contributed by atoms with Gasteiger partial charge in [-0.15, -0.1) is 0 Å². The van der Waals surface area contributed by atoms with Crippen LogP contribution in [0.4, 0.5) is 4.39 Å². The SMILES string of the molecule is Fc1ccccc1Cc1[c]c2ccccc2cc1. The van der Waals surface area contributed by atoms with Crippen molar-refractivity contribution in [2.75, 3.05) is 0 Å². The van der Waals surface area contributed by atoms with Gasteiger partial charge in [-0.1, -0.05) is 54.6 Å². The van der Waals surface area contributed by atoms with E-state index >= 15 is 0 Å². The molecule has 0 fully saturated rings. The Bertz CT molecular complexity index is 686. The Labute approximate surface area is 106 Å². The molecule has 0 aromatic heterocycles. The van der Waals surface area contributed by atoms with Gasteiger partial charge in [0, 0.05) is 6.42 Å². The van der Waals surface area contributed by atoms with Crippen LogP contribution in [0, 0.1) is 11.9 Å². The van der Waals surface area contributed by atoms with E-state index in [1.165, 1.54) is 6.07 Å². The van der Waals surface area contributed by atoms with Crippen molar-refractivity contribution in [3.63, 3.8) is 0 Å². The maximum Gasteiger partial charge on any atom is 0.126 e. The third-order valence-corrected chi connectivity index (χ3v) is 3.06. The van der Waals surface area contributed by atoms with Gasteiger partial charge in [0.1, 0.15) is 5.82 Å². The molecule has 0 aliphatic heterocycles. The summed E-state index contributed by atoms with van der Waals surface area (Å²) in [5, 5.41) is 2.24. The van der Waals surface area contributed by atoms with Crippen molar-refractivity contribution in [1.82, 2.24) is 0 Å². The molecule has 0 N–H and O–H groups in total. The summed E-state index contributed by atoms with van der Waals surface area (Å²) >= 11 is 0. The highest BCUT2D eigenvalue weighted by Crippen LogP contribution is 2.18. The highest BCUT2D eigenvalue weighted by Gasteiger charge is 2.03. The zero-order chi connectivity index (χ0) is 12.4. The van der Waals surface area contributed by atoms with E-state index in [0.29, 0.717) is 12.0 Å². The van der Waals surface area contributed by atoms with E-state index in [4.69, 9.17) is 0 Å². The van der Waals surface area contributed by atoms with E-state index in [-0.39, 0.29) is 5.82 Å². The van der Waals surface area contributed by atoms with Crippen LogP contribution in [0.5, 0.6) is 0 Å². The first-order valence-electron chi connectivity index (χ1n) is 5.96. The highest BCUT2D eigenvalue weighted by molar-refractivity contribution is 5.82. The molecule has 0 atom stereocenters. The Kier molecular flexibility index (Phi) is 2.81. The van der Waals surface area contributed by atoms with Gasteiger partial charge in [0.05, 0.1) is 0 Å². The maximum absolute atomic E-state index is 13.6. The highest BCUT2D eigenvalue weighted by atomic mass is 19.1. The molecule has 87 valence electrons. The lowest BCUT2D eigenvalue weighted by molar-refractivity contribution is 0.614. The summed E-state index contributed by atoms with van der Waals surface area (Å²) in [4.78, 5) is 0. The zero-order valence-electron chi connectivity index (χ0n) is 9.86. The third kappa shape index (κ3) is 2.12. The molecule has 1 radical (unpaired) electrons. The standard InChI is InChI=1S/C17H12F/c18-17-8-4-3-7-16(17)12-13-9-10-14-5-1-2-6-15(14)11-13/h1-10H,12H2. The second-order valence-corrected chi connectivity index (χ2v) is 4.34. The van der Waals surface area contributed by atoms with E-state index in [0.717, 1.165) is 16.3 Å².